The summed E-state index contributed by atoms with van der Waals surface area (Å²) >= 11 is 1.59. The minimum atomic E-state index is -0.181. The molecule has 4 aromatic rings. The van der Waals surface area contributed by atoms with E-state index in [1.54, 1.807) is 22.8 Å². The molecule has 0 saturated heterocycles. The van der Waals surface area contributed by atoms with E-state index in [2.05, 4.69) is 15.6 Å². The maximum atomic E-state index is 12.9. The van der Waals surface area contributed by atoms with Crippen LogP contribution in [0.15, 0.2) is 64.3 Å². The van der Waals surface area contributed by atoms with Gasteiger partial charge in [0, 0.05) is 16.2 Å². The number of nitrogens with zero attached hydrogens (tertiary/aromatic N) is 3. The van der Waals surface area contributed by atoms with Gasteiger partial charge < -0.3 is 4.52 Å². The van der Waals surface area contributed by atoms with Crippen LogP contribution in [0.3, 0.4) is 0 Å². The molecule has 6 nitrogen and oxygen atoms in total. The number of thioether (sulfide) groups is 1. The molecule has 27 heavy (non-hydrogen) atoms. The van der Waals surface area contributed by atoms with Crippen LogP contribution in [0.1, 0.15) is 27.4 Å². The Labute approximate surface area is 160 Å². The number of fused-ring (bicyclic) bond motifs is 1. The largest absolute Gasteiger partial charge is 0.361 e. The van der Waals surface area contributed by atoms with Crippen LogP contribution < -0.4 is 5.43 Å². The molecule has 0 saturated carbocycles. The van der Waals surface area contributed by atoms with Crippen molar-refractivity contribution in [1.29, 1.82) is 0 Å². The van der Waals surface area contributed by atoms with Gasteiger partial charge in [-0.15, -0.1) is 11.8 Å². The Morgan fingerprint density at radius 3 is 2.74 bits per heavy atom. The molecule has 0 bridgehead atoms. The van der Waals surface area contributed by atoms with E-state index in [1.807, 2.05) is 62.4 Å². The maximum Gasteiger partial charge on any atom is 0.271 e. The average Bonchev–Trinajstić information content (AvgIpc) is 3.24. The number of para-hydroxylation sites is 2. The number of amides is 1. The number of hydrogen-bond donors (Lipinski definition) is 1. The van der Waals surface area contributed by atoms with Gasteiger partial charge in [0.2, 0.25) is 0 Å². The van der Waals surface area contributed by atoms with Crippen molar-refractivity contribution < 1.29 is 9.32 Å². The third kappa shape index (κ3) is 3.46. The van der Waals surface area contributed by atoms with Crippen LogP contribution in [0.25, 0.3) is 11.0 Å². The molecule has 0 aliphatic rings. The smallest absolute Gasteiger partial charge is 0.271 e. The van der Waals surface area contributed by atoms with E-state index in [0.29, 0.717) is 11.3 Å². The summed E-state index contributed by atoms with van der Waals surface area (Å²) in [4.78, 5) is 18.1. The van der Waals surface area contributed by atoms with E-state index < -0.39 is 0 Å². The van der Waals surface area contributed by atoms with E-state index in [4.69, 9.17) is 4.52 Å². The molecule has 0 atom stereocenters. The standard InChI is InChI=1S/C20H18N4O2S/c1-13-16(14(2)26-23-13)11-27-19-10-6-3-7-15(19)20(25)22-24-12-21-17-8-4-5-9-18(17)24/h3-10,12H,11H2,1-2H3,(H,22,25). The topological polar surface area (TPSA) is 73.0 Å². The number of hydrogen-bond acceptors (Lipinski definition) is 5. The van der Waals surface area contributed by atoms with Crippen LogP contribution in [-0.2, 0) is 5.75 Å². The summed E-state index contributed by atoms with van der Waals surface area (Å²) in [6.07, 6.45) is 1.61. The Balaban J connectivity index is 1.56. The molecule has 0 aliphatic carbocycles. The highest BCUT2D eigenvalue weighted by Crippen LogP contribution is 2.29. The lowest BCUT2D eigenvalue weighted by molar-refractivity contribution is 0.101. The molecule has 1 N–H and O–H groups in total. The van der Waals surface area contributed by atoms with Gasteiger partial charge in [0.25, 0.3) is 5.91 Å². The predicted octanol–water partition coefficient (Wildman–Crippen LogP) is 4.32. The first-order valence-electron chi connectivity index (χ1n) is 8.50. The summed E-state index contributed by atoms with van der Waals surface area (Å²) in [6.45, 7) is 3.83. The van der Waals surface area contributed by atoms with Crippen LogP contribution in [0, 0.1) is 13.8 Å². The lowest BCUT2D eigenvalue weighted by atomic mass is 10.2. The molecule has 2 aromatic heterocycles. The van der Waals surface area contributed by atoms with Crippen molar-refractivity contribution in [3.63, 3.8) is 0 Å². The number of benzene rings is 2. The van der Waals surface area contributed by atoms with Gasteiger partial charge in [0.15, 0.2) is 0 Å². The molecule has 7 heteroatoms. The van der Waals surface area contributed by atoms with Crippen LogP contribution >= 0.6 is 11.8 Å². The second-order valence-electron chi connectivity index (χ2n) is 6.13. The molecule has 1 amide bonds. The first-order valence-corrected chi connectivity index (χ1v) is 9.49. The fraction of sp³-hybridized carbons (Fsp3) is 0.150. The van der Waals surface area contributed by atoms with E-state index >= 15 is 0 Å². The van der Waals surface area contributed by atoms with Crippen molar-refractivity contribution in [1.82, 2.24) is 14.8 Å². The van der Waals surface area contributed by atoms with Crippen molar-refractivity contribution in [2.75, 3.05) is 5.43 Å². The highest BCUT2D eigenvalue weighted by atomic mass is 32.2. The van der Waals surface area contributed by atoms with Gasteiger partial charge in [-0.1, -0.05) is 29.4 Å². The highest BCUT2D eigenvalue weighted by molar-refractivity contribution is 7.98. The molecule has 0 spiro atoms. The number of carbonyl (C=O) groups excluding carboxylic acids is 1. The number of aromatic nitrogens is 3. The van der Waals surface area contributed by atoms with E-state index in [9.17, 15) is 4.79 Å². The van der Waals surface area contributed by atoms with Gasteiger partial charge in [-0.05, 0) is 38.1 Å². The lowest BCUT2D eigenvalue weighted by Gasteiger charge is -2.11. The normalized spacial score (nSPS) is 11.0. The second-order valence-corrected chi connectivity index (χ2v) is 7.15. The van der Waals surface area contributed by atoms with Crippen molar-refractivity contribution in [3.05, 3.63) is 77.4 Å². The van der Waals surface area contributed by atoms with Crippen molar-refractivity contribution in [2.24, 2.45) is 0 Å². The zero-order chi connectivity index (χ0) is 18.8. The molecule has 0 unspecified atom stereocenters. The minimum Gasteiger partial charge on any atom is -0.361 e. The Kier molecular flexibility index (Phi) is 4.68. The Morgan fingerprint density at radius 1 is 1.15 bits per heavy atom. The van der Waals surface area contributed by atoms with Crippen LogP contribution in [0.2, 0.25) is 0 Å². The number of carbonyl (C=O) groups is 1. The number of aryl methyl sites for hydroxylation is 2. The Bertz CT molecular complexity index is 1100. The van der Waals surface area contributed by atoms with E-state index in [0.717, 1.165) is 32.9 Å². The van der Waals surface area contributed by atoms with Crippen LogP contribution in [-0.4, -0.2) is 20.7 Å². The molecule has 0 fully saturated rings. The summed E-state index contributed by atoms with van der Waals surface area (Å²) in [5.41, 5.74) is 7.16. The van der Waals surface area contributed by atoms with Crippen LogP contribution in [0.4, 0.5) is 0 Å². The van der Waals surface area contributed by atoms with Gasteiger partial charge in [-0.3, -0.25) is 10.2 Å². The molecule has 136 valence electrons. The van der Waals surface area contributed by atoms with Crippen molar-refractivity contribution >= 4 is 28.7 Å². The third-order valence-corrected chi connectivity index (χ3v) is 5.46. The van der Waals surface area contributed by atoms with Gasteiger partial charge in [-0.2, -0.15) is 0 Å². The molecular weight excluding hydrogens is 360 g/mol. The average molecular weight is 378 g/mol. The van der Waals surface area contributed by atoms with E-state index in [1.165, 1.54) is 0 Å². The van der Waals surface area contributed by atoms with Gasteiger partial charge in [-0.25, -0.2) is 9.66 Å². The summed E-state index contributed by atoms with van der Waals surface area (Å²) in [6, 6.07) is 15.2. The summed E-state index contributed by atoms with van der Waals surface area (Å²) in [5, 5.41) is 3.99. The zero-order valence-corrected chi connectivity index (χ0v) is 15.8. The fourth-order valence-electron chi connectivity index (χ4n) is 2.86. The van der Waals surface area contributed by atoms with Crippen LogP contribution in [0.5, 0.6) is 0 Å². The van der Waals surface area contributed by atoms with Gasteiger partial charge in [0.05, 0.1) is 22.3 Å². The molecule has 2 aromatic carbocycles. The monoisotopic (exact) mass is 378 g/mol. The number of rotatable bonds is 5. The Morgan fingerprint density at radius 2 is 1.93 bits per heavy atom. The molecular formula is C20H18N4O2S. The maximum absolute atomic E-state index is 12.9. The molecule has 2 heterocycles. The van der Waals surface area contributed by atoms with Crippen molar-refractivity contribution in [3.8, 4) is 0 Å². The fourth-order valence-corrected chi connectivity index (χ4v) is 4.06. The zero-order valence-electron chi connectivity index (χ0n) is 15.0. The second kappa shape index (κ2) is 7.28. The third-order valence-electron chi connectivity index (χ3n) is 4.36. The molecule has 0 aliphatic heterocycles. The SMILES string of the molecule is Cc1noc(C)c1CSc1ccccc1C(=O)Nn1cnc2ccccc21. The number of nitrogens with one attached hydrogen (secondary N) is 1. The first kappa shape index (κ1) is 17.4. The summed E-state index contributed by atoms with van der Waals surface area (Å²) in [5.74, 6) is 1.33. The minimum absolute atomic E-state index is 0.181. The van der Waals surface area contributed by atoms with Crippen molar-refractivity contribution in [2.45, 2.75) is 24.5 Å². The van der Waals surface area contributed by atoms with Gasteiger partial charge >= 0.3 is 0 Å². The summed E-state index contributed by atoms with van der Waals surface area (Å²) in [7, 11) is 0. The number of imidazole rings is 1. The Hall–Kier alpha value is -3.06. The summed E-state index contributed by atoms with van der Waals surface area (Å²) < 4.78 is 6.87. The van der Waals surface area contributed by atoms with E-state index in [-0.39, 0.29) is 5.91 Å². The predicted molar refractivity (Wildman–Crippen MR) is 105 cm³/mol. The molecule has 0 radical (unpaired) electrons. The quantitative estimate of drug-likeness (QED) is 0.524. The highest BCUT2D eigenvalue weighted by Gasteiger charge is 2.15. The van der Waals surface area contributed by atoms with Gasteiger partial charge in [0.1, 0.15) is 12.1 Å². The first-order chi connectivity index (χ1) is 13.1. The lowest BCUT2D eigenvalue weighted by Crippen LogP contribution is -2.22. The molecule has 4 rings (SSSR count).